The summed E-state index contributed by atoms with van der Waals surface area (Å²) in [5.74, 6) is 2.43. The molecule has 0 bridgehead atoms. The van der Waals surface area contributed by atoms with Crippen molar-refractivity contribution in [3.63, 3.8) is 0 Å². The Balaban J connectivity index is 2.00. The molecule has 1 saturated carbocycles. The molecule has 0 aromatic carbocycles. The molecule has 0 aromatic heterocycles. The number of likely N-dealkylation sites (N-methyl/N-ethyl adjacent to an activating group) is 1. The van der Waals surface area contributed by atoms with Gasteiger partial charge in [0.2, 0.25) is 0 Å². The van der Waals surface area contributed by atoms with Crippen molar-refractivity contribution < 1.29 is 9.47 Å². The lowest BCUT2D eigenvalue weighted by molar-refractivity contribution is 0.114. The summed E-state index contributed by atoms with van der Waals surface area (Å²) in [6.07, 6.45) is 3.80. The van der Waals surface area contributed by atoms with E-state index in [1.54, 1.807) is 0 Å². The highest BCUT2D eigenvalue weighted by molar-refractivity contribution is 5.79. The molecular formula is C16H33N3O2. The largest absolute Gasteiger partial charge is 0.380 e. The molecule has 1 rings (SSSR count). The van der Waals surface area contributed by atoms with Crippen LogP contribution in [0.25, 0.3) is 0 Å². The van der Waals surface area contributed by atoms with E-state index in [9.17, 15) is 0 Å². The van der Waals surface area contributed by atoms with Gasteiger partial charge in [0.05, 0.1) is 13.2 Å². The highest BCUT2D eigenvalue weighted by Crippen LogP contribution is 2.28. The number of hydrogen-bond acceptors (Lipinski definition) is 3. The maximum atomic E-state index is 5.65. The molecule has 124 valence electrons. The molecule has 0 aromatic rings. The van der Waals surface area contributed by atoms with E-state index in [1.807, 2.05) is 14.1 Å². The molecule has 1 N–H and O–H groups in total. The van der Waals surface area contributed by atoms with Gasteiger partial charge in [0.1, 0.15) is 0 Å². The van der Waals surface area contributed by atoms with Crippen molar-refractivity contribution in [1.29, 1.82) is 0 Å². The molecule has 0 radical (unpaired) electrons. The summed E-state index contributed by atoms with van der Waals surface area (Å²) >= 11 is 0. The van der Waals surface area contributed by atoms with Crippen molar-refractivity contribution in [3.8, 4) is 0 Å². The van der Waals surface area contributed by atoms with Crippen molar-refractivity contribution >= 4 is 5.96 Å². The predicted octanol–water partition coefficient (Wildman–Crippen LogP) is 1.98. The third-order valence-corrected chi connectivity index (χ3v) is 3.56. The van der Waals surface area contributed by atoms with Crippen LogP contribution in [0.4, 0.5) is 0 Å². The lowest BCUT2D eigenvalue weighted by atomic mass is 10.1. The van der Waals surface area contributed by atoms with Crippen LogP contribution in [-0.2, 0) is 9.47 Å². The quantitative estimate of drug-likeness (QED) is 0.360. The lowest BCUT2D eigenvalue weighted by Gasteiger charge is -2.22. The molecule has 0 amide bonds. The van der Waals surface area contributed by atoms with Crippen molar-refractivity contribution in [2.45, 2.75) is 33.1 Å². The minimum atomic E-state index is 0.701. The van der Waals surface area contributed by atoms with Gasteiger partial charge in [0.25, 0.3) is 0 Å². The Kier molecular flexibility index (Phi) is 9.42. The van der Waals surface area contributed by atoms with Crippen LogP contribution < -0.4 is 5.32 Å². The molecule has 5 nitrogen and oxygen atoms in total. The Morgan fingerprint density at radius 1 is 1.24 bits per heavy atom. The SMILES string of the molecule is CN=C(NCCOCCC(C)C)N(C)CCOCC1CC1. The van der Waals surface area contributed by atoms with Gasteiger partial charge < -0.3 is 19.7 Å². The number of nitrogens with one attached hydrogen (secondary N) is 1. The number of aliphatic imine (C=N–C) groups is 1. The van der Waals surface area contributed by atoms with Gasteiger partial charge in [-0.15, -0.1) is 0 Å². The summed E-state index contributed by atoms with van der Waals surface area (Å²) in [5.41, 5.74) is 0. The fourth-order valence-corrected chi connectivity index (χ4v) is 1.88. The van der Waals surface area contributed by atoms with E-state index in [-0.39, 0.29) is 0 Å². The average Bonchev–Trinajstić information content (AvgIpc) is 3.26. The number of rotatable bonds is 11. The average molecular weight is 299 g/mol. The standard InChI is InChI=1S/C16H33N3O2/c1-14(2)7-10-20-11-8-18-16(17-3)19(4)9-12-21-13-15-5-6-15/h14-15H,5-13H2,1-4H3,(H,17,18). The molecule has 1 aliphatic rings. The number of nitrogens with zero attached hydrogens (tertiary/aromatic N) is 2. The second-order valence-corrected chi connectivity index (χ2v) is 6.21. The Morgan fingerprint density at radius 3 is 2.62 bits per heavy atom. The Labute approximate surface area is 130 Å². The third-order valence-electron chi connectivity index (χ3n) is 3.56. The molecule has 0 unspecified atom stereocenters. The van der Waals surface area contributed by atoms with E-state index in [0.29, 0.717) is 5.92 Å². The number of hydrogen-bond donors (Lipinski definition) is 1. The topological polar surface area (TPSA) is 46.1 Å². The van der Waals surface area contributed by atoms with Crippen molar-refractivity contribution in [1.82, 2.24) is 10.2 Å². The zero-order valence-corrected chi connectivity index (χ0v) is 14.2. The van der Waals surface area contributed by atoms with E-state index in [0.717, 1.165) is 57.8 Å². The maximum absolute atomic E-state index is 5.65. The number of ether oxygens (including phenoxy) is 2. The smallest absolute Gasteiger partial charge is 0.193 e. The van der Waals surface area contributed by atoms with Crippen LogP contribution >= 0.6 is 0 Å². The van der Waals surface area contributed by atoms with Gasteiger partial charge in [-0.2, -0.15) is 0 Å². The molecule has 5 heteroatoms. The normalized spacial score (nSPS) is 15.6. The molecule has 0 spiro atoms. The van der Waals surface area contributed by atoms with Crippen LogP contribution in [0.5, 0.6) is 0 Å². The van der Waals surface area contributed by atoms with Crippen LogP contribution in [0.3, 0.4) is 0 Å². The molecule has 0 heterocycles. The van der Waals surface area contributed by atoms with Gasteiger partial charge in [-0.25, -0.2) is 0 Å². The molecular weight excluding hydrogens is 266 g/mol. The first-order valence-corrected chi connectivity index (χ1v) is 8.20. The molecule has 1 fully saturated rings. The van der Waals surface area contributed by atoms with Gasteiger partial charge in [-0.3, -0.25) is 4.99 Å². The minimum absolute atomic E-state index is 0.701. The fourth-order valence-electron chi connectivity index (χ4n) is 1.88. The fraction of sp³-hybridized carbons (Fsp3) is 0.938. The van der Waals surface area contributed by atoms with Crippen LogP contribution in [0.2, 0.25) is 0 Å². The van der Waals surface area contributed by atoms with E-state index in [4.69, 9.17) is 9.47 Å². The third kappa shape index (κ3) is 9.69. The maximum Gasteiger partial charge on any atom is 0.193 e. The molecule has 21 heavy (non-hydrogen) atoms. The van der Waals surface area contributed by atoms with E-state index in [2.05, 4.69) is 29.1 Å². The van der Waals surface area contributed by atoms with Crippen molar-refractivity contribution in [3.05, 3.63) is 0 Å². The Hall–Kier alpha value is -0.810. The minimum Gasteiger partial charge on any atom is -0.380 e. The van der Waals surface area contributed by atoms with E-state index in [1.165, 1.54) is 12.8 Å². The molecule has 1 aliphatic carbocycles. The van der Waals surface area contributed by atoms with E-state index >= 15 is 0 Å². The monoisotopic (exact) mass is 299 g/mol. The zero-order chi connectivity index (χ0) is 15.5. The van der Waals surface area contributed by atoms with Gasteiger partial charge in [-0.1, -0.05) is 13.8 Å². The van der Waals surface area contributed by atoms with Crippen LogP contribution in [0.15, 0.2) is 4.99 Å². The van der Waals surface area contributed by atoms with Gasteiger partial charge >= 0.3 is 0 Å². The summed E-state index contributed by atoms with van der Waals surface area (Å²) in [6, 6.07) is 0. The molecule has 0 saturated heterocycles. The van der Waals surface area contributed by atoms with Crippen molar-refractivity contribution in [2.24, 2.45) is 16.8 Å². The summed E-state index contributed by atoms with van der Waals surface area (Å²) in [4.78, 5) is 6.38. The van der Waals surface area contributed by atoms with Crippen LogP contribution in [0, 0.1) is 11.8 Å². The first-order valence-electron chi connectivity index (χ1n) is 8.20. The summed E-state index contributed by atoms with van der Waals surface area (Å²) in [5, 5.41) is 3.31. The highest BCUT2D eigenvalue weighted by atomic mass is 16.5. The van der Waals surface area contributed by atoms with Gasteiger partial charge in [0, 0.05) is 40.4 Å². The zero-order valence-electron chi connectivity index (χ0n) is 14.2. The summed E-state index contributed by atoms with van der Waals surface area (Å²) < 4.78 is 11.2. The summed E-state index contributed by atoms with van der Waals surface area (Å²) in [6.45, 7) is 9.31. The second kappa shape index (κ2) is 10.9. The Morgan fingerprint density at radius 2 is 2.00 bits per heavy atom. The van der Waals surface area contributed by atoms with Gasteiger partial charge in [0.15, 0.2) is 5.96 Å². The van der Waals surface area contributed by atoms with Crippen molar-refractivity contribution in [2.75, 3.05) is 53.6 Å². The first-order chi connectivity index (χ1) is 10.1. The lowest BCUT2D eigenvalue weighted by Crippen LogP contribution is -2.41. The summed E-state index contributed by atoms with van der Waals surface area (Å²) in [7, 11) is 3.85. The Bertz CT molecular complexity index is 291. The van der Waals surface area contributed by atoms with E-state index < -0.39 is 0 Å². The molecule has 0 aliphatic heterocycles. The van der Waals surface area contributed by atoms with Crippen LogP contribution in [-0.4, -0.2) is 64.5 Å². The highest BCUT2D eigenvalue weighted by Gasteiger charge is 2.21. The second-order valence-electron chi connectivity index (χ2n) is 6.21. The van der Waals surface area contributed by atoms with Gasteiger partial charge in [-0.05, 0) is 31.1 Å². The first kappa shape index (κ1) is 18.2. The molecule has 0 atom stereocenters. The number of guanidine groups is 1. The predicted molar refractivity (Wildman–Crippen MR) is 87.8 cm³/mol. The van der Waals surface area contributed by atoms with Crippen LogP contribution in [0.1, 0.15) is 33.1 Å².